The first-order valence-electron chi connectivity index (χ1n) is 4.68. The molecule has 7 nitrogen and oxygen atoms in total. The normalized spacial score (nSPS) is 51.4. The number of aliphatic hydroxyl groups excluding tert-OH is 4. The molecule has 0 aromatic heterocycles. The molecule has 0 aromatic carbocycles. The average molecular weight is 256 g/mol. The summed E-state index contributed by atoms with van der Waals surface area (Å²) in [6, 6.07) is 0. The van der Waals surface area contributed by atoms with E-state index in [1.54, 1.807) is 0 Å². The lowest BCUT2D eigenvalue weighted by atomic mass is 9.82. The summed E-state index contributed by atoms with van der Waals surface area (Å²) in [4.78, 5) is 0. The molecule has 6 N–H and O–H groups in total. The fourth-order valence-corrected chi connectivity index (χ4v) is 2.15. The molecule has 0 aliphatic carbocycles. The van der Waals surface area contributed by atoms with Crippen LogP contribution in [0.2, 0.25) is 0 Å². The van der Waals surface area contributed by atoms with Gasteiger partial charge in [-0.15, -0.1) is 12.6 Å². The summed E-state index contributed by atoms with van der Waals surface area (Å²) in [6.45, 7) is 0.413. The zero-order chi connectivity index (χ0) is 12.7. The highest BCUT2D eigenvalue weighted by atomic mass is 32.1. The van der Waals surface area contributed by atoms with Crippen LogP contribution in [0.15, 0.2) is 0 Å². The second-order valence-electron chi connectivity index (χ2n) is 3.88. The van der Waals surface area contributed by atoms with Crippen molar-refractivity contribution >= 4 is 12.6 Å². The lowest BCUT2D eigenvalue weighted by Crippen LogP contribution is -2.74. The first kappa shape index (κ1) is 14.1. The second kappa shape index (κ2) is 4.39. The quantitative estimate of drug-likeness (QED) is 0.204. The van der Waals surface area contributed by atoms with Crippen LogP contribution in [0.5, 0.6) is 0 Å². The van der Waals surface area contributed by atoms with Crippen LogP contribution in [0.25, 0.3) is 0 Å². The average Bonchev–Trinajstić information content (AvgIpc) is 2.20. The number of rotatable bonds is 2. The standard InChI is InChI=1S/C8H16O7S/c1-3(10)7(13)6(12)5(11)4(2-9)15-8(7,14)16/h3-6,9-14,16H,2H2,1H3/t3?,4-,5+,6+,7+,8+/m1/s1. The summed E-state index contributed by atoms with van der Waals surface area (Å²) in [5.41, 5.74) is -2.57. The van der Waals surface area contributed by atoms with Crippen LogP contribution in [0.3, 0.4) is 0 Å². The molecular formula is C8H16O7S. The minimum atomic E-state index is -2.59. The summed E-state index contributed by atoms with van der Waals surface area (Å²) in [5.74, 6) is 0. The van der Waals surface area contributed by atoms with Gasteiger partial charge < -0.3 is 35.4 Å². The van der Waals surface area contributed by atoms with E-state index in [4.69, 9.17) is 9.84 Å². The molecule has 1 heterocycles. The van der Waals surface area contributed by atoms with Crippen molar-refractivity contribution in [3.05, 3.63) is 0 Å². The van der Waals surface area contributed by atoms with Crippen molar-refractivity contribution in [3.63, 3.8) is 0 Å². The highest BCUT2D eigenvalue weighted by Gasteiger charge is 2.64. The second-order valence-corrected chi connectivity index (χ2v) is 4.49. The lowest BCUT2D eigenvalue weighted by molar-refractivity contribution is -0.364. The highest BCUT2D eigenvalue weighted by molar-refractivity contribution is 7.81. The predicted octanol–water partition coefficient (Wildman–Crippen LogP) is -3.21. The van der Waals surface area contributed by atoms with Gasteiger partial charge in [0.05, 0.1) is 12.7 Å². The Morgan fingerprint density at radius 2 is 1.88 bits per heavy atom. The molecule has 1 rings (SSSR count). The molecule has 1 aliphatic heterocycles. The zero-order valence-corrected chi connectivity index (χ0v) is 9.45. The molecule has 1 aliphatic rings. The number of hydrogen-bond acceptors (Lipinski definition) is 8. The van der Waals surface area contributed by atoms with Crippen LogP contribution in [-0.2, 0) is 4.74 Å². The van der Waals surface area contributed by atoms with Gasteiger partial charge in [-0.25, -0.2) is 0 Å². The van der Waals surface area contributed by atoms with Gasteiger partial charge in [-0.1, -0.05) is 0 Å². The largest absolute Gasteiger partial charge is 0.394 e. The molecule has 0 spiro atoms. The highest BCUT2D eigenvalue weighted by Crippen LogP contribution is 2.41. The van der Waals surface area contributed by atoms with E-state index in [2.05, 4.69) is 12.6 Å². The Balaban J connectivity index is 3.10. The van der Waals surface area contributed by atoms with Gasteiger partial charge in [0, 0.05) is 0 Å². The van der Waals surface area contributed by atoms with Gasteiger partial charge in [-0.05, 0) is 6.92 Å². The van der Waals surface area contributed by atoms with Crippen LogP contribution in [0.1, 0.15) is 6.92 Å². The van der Waals surface area contributed by atoms with Crippen LogP contribution in [0, 0.1) is 0 Å². The van der Waals surface area contributed by atoms with E-state index in [1.165, 1.54) is 0 Å². The summed E-state index contributed by atoms with van der Waals surface area (Å²) >= 11 is 3.59. The molecule has 16 heavy (non-hydrogen) atoms. The number of thiol groups is 1. The van der Waals surface area contributed by atoms with Crippen molar-refractivity contribution in [3.8, 4) is 0 Å². The van der Waals surface area contributed by atoms with Gasteiger partial charge in [-0.2, -0.15) is 0 Å². The van der Waals surface area contributed by atoms with Gasteiger partial charge in [0.1, 0.15) is 18.3 Å². The fourth-order valence-electron chi connectivity index (χ4n) is 1.70. The molecule has 1 fully saturated rings. The van der Waals surface area contributed by atoms with E-state index >= 15 is 0 Å². The van der Waals surface area contributed by atoms with Crippen molar-refractivity contribution in [2.45, 2.75) is 42.1 Å². The van der Waals surface area contributed by atoms with Gasteiger partial charge in [0.2, 0.25) is 5.12 Å². The molecule has 1 saturated heterocycles. The molecule has 0 bridgehead atoms. The molecule has 0 amide bonds. The first-order valence-corrected chi connectivity index (χ1v) is 5.13. The predicted molar refractivity (Wildman–Crippen MR) is 54.5 cm³/mol. The van der Waals surface area contributed by atoms with E-state index in [1.807, 2.05) is 0 Å². The maximum absolute atomic E-state index is 9.94. The Labute approximate surface area is 97.3 Å². The number of aliphatic hydroxyl groups is 6. The smallest absolute Gasteiger partial charge is 0.248 e. The summed E-state index contributed by atoms with van der Waals surface area (Å²) < 4.78 is 4.73. The minimum absolute atomic E-state index is 0.684. The van der Waals surface area contributed by atoms with Crippen molar-refractivity contribution in [1.82, 2.24) is 0 Å². The summed E-state index contributed by atoms with van der Waals surface area (Å²) in [5, 5.41) is 54.4. The van der Waals surface area contributed by atoms with Gasteiger partial charge in [0.25, 0.3) is 0 Å². The van der Waals surface area contributed by atoms with Crippen LogP contribution < -0.4 is 0 Å². The van der Waals surface area contributed by atoms with E-state index in [0.29, 0.717) is 0 Å². The lowest BCUT2D eigenvalue weighted by Gasteiger charge is -2.51. The molecule has 96 valence electrons. The van der Waals surface area contributed by atoms with Crippen molar-refractivity contribution in [2.24, 2.45) is 0 Å². The topological polar surface area (TPSA) is 131 Å². The van der Waals surface area contributed by atoms with Crippen LogP contribution in [0.4, 0.5) is 0 Å². The van der Waals surface area contributed by atoms with Gasteiger partial charge >= 0.3 is 0 Å². The molecule has 6 atom stereocenters. The zero-order valence-electron chi connectivity index (χ0n) is 8.56. The number of hydrogen-bond donors (Lipinski definition) is 7. The van der Waals surface area contributed by atoms with Crippen LogP contribution >= 0.6 is 12.6 Å². The Morgan fingerprint density at radius 3 is 2.25 bits per heavy atom. The monoisotopic (exact) mass is 256 g/mol. The Hall–Kier alpha value is 0.0700. The Morgan fingerprint density at radius 1 is 1.38 bits per heavy atom. The fraction of sp³-hybridized carbons (Fsp3) is 1.00. The van der Waals surface area contributed by atoms with E-state index in [9.17, 15) is 25.5 Å². The van der Waals surface area contributed by atoms with Gasteiger partial charge in [0.15, 0.2) is 5.60 Å². The molecule has 0 radical (unpaired) electrons. The molecule has 1 unspecified atom stereocenters. The Kier molecular flexibility index (Phi) is 3.88. The Bertz CT molecular complexity index is 259. The minimum Gasteiger partial charge on any atom is -0.394 e. The molecular weight excluding hydrogens is 240 g/mol. The molecule has 8 heteroatoms. The molecule has 0 aromatic rings. The summed E-state index contributed by atoms with van der Waals surface area (Å²) in [7, 11) is 0. The van der Waals surface area contributed by atoms with Crippen LogP contribution in [-0.4, -0.2) is 72.4 Å². The first-order chi connectivity index (χ1) is 7.18. The third-order valence-corrected chi connectivity index (χ3v) is 3.27. The maximum atomic E-state index is 9.94. The third-order valence-electron chi connectivity index (χ3n) is 2.81. The van der Waals surface area contributed by atoms with E-state index < -0.39 is 41.7 Å². The maximum Gasteiger partial charge on any atom is 0.248 e. The van der Waals surface area contributed by atoms with Crippen molar-refractivity contribution in [2.75, 3.05) is 6.61 Å². The van der Waals surface area contributed by atoms with E-state index in [0.717, 1.165) is 6.92 Å². The van der Waals surface area contributed by atoms with Crippen molar-refractivity contribution < 1.29 is 35.4 Å². The molecule has 0 saturated carbocycles. The number of ether oxygens (including phenoxy) is 1. The third kappa shape index (κ3) is 1.85. The SMILES string of the molecule is CC(O)[C@]1(O)[C@@H](O)[C@@H](O)[C@@H](CO)O[C@]1(O)S. The van der Waals surface area contributed by atoms with E-state index in [-0.39, 0.29) is 0 Å². The van der Waals surface area contributed by atoms with Gasteiger partial charge in [-0.3, -0.25) is 0 Å². The summed E-state index contributed by atoms with van der Waals surface area (Å²) in [6.07, 6.45) is -6.49. The van der Waals surface area contributed by atoms with Crippen molar-refractivity contribution in [1.29, 1.82) is 0 Å².